The molecule has 3 heterocycles. The van der Waals surface area contributed by atoms with Gasteiger partial charge in [-0.15, -0.1) is 5.10 Å². The Morgan fingerprint density at radius 2 is 1.59 bits per heavy atom. The zero-order valence-electron chi connectivity index (χ0n) is 17.8. The van der Waals surface area contributed by atoms with Gasteiger partial charge in [-0.1, -0.05) is 30.3 Å². The highest BCUT2D eigenvalue weighted by Crippen LogP contribution is 2.53. The lowest BCUT2D eigenvalue weighted by atomic mass is 10.1. The summed E-state index contributed by atoms with van der Waals surface area (Å²) < 4.78 is 57.5. The van der Waals surface area contributed by atoms with Crippen molar-refractivity contribution in [2.24, 2.45) is 5.10 Å². The minimum atomic E-state index is -4.88. The molecule has 0 fully saturated rings. The molecule has 0 saturated heterocycles. The Labute approximate surface area is 192 Å². The van der Waals surface area contributed by atoms with E-state index >= 15 is 13.2 Å². The van der Waals surface area contributed by atoms with Gasteiger partial charge in [0.25, 0.3) is 0 Å². The van der Waals surface area contributed by atoms with Crippen LogP contribution in [0.1, 0.15) is 17.0 Å². The molecular formula is C25H17F3N4O2. The number of fused-ring (bicyclic) bond motifs is 5. The van der Waals surface area contributed by atoms with E-state index in [0.29, 0.717) is 22.4 Å². The number of hydrogen-bond acceptors (Lipinski definition) is 5. The molecule has 0 unspecified atom stereocenters. The number of benzene rings is 3. The molecule has 0 radical (unpaired) electrons. The Morgan fingerprint density at radius 3 is 2.29 bits per heavy atom. The lowest BCUT2D eigenvalue weighted by molar-refractivity contribution is -0.328. The van der Waals surface area contributed by atoms with Crippen molar-refractivity contribution >= 4 is 28.7 Å². The van der Waals surface area contributed by atoms with Gasteiger partial charge in [0.2, 0.25) is 5.90 Å². The van der Waals surface area contributed by atoms with E-state index in [-0.39, 0.29) is 22.9 Å². The fraction of sp³-hybridized carbons (Fsp3) is 0.120. The number of aromatic nitrogens is 2. The molecule has 9 heteroatoms. The van der Waals surface area contributed by atoms with Crippen molar-refractivity contribution in [3.05, 3.63) is 95.8 Å². The van der Waals surface area contributed by atoms with E-state index in [4.69, 9.17) is 9.47 Å². The van der Waals surface area contributed by atoms with E-state index < -0.39 is 12.0 Å². The molecule has 0 N–H and O–H groups in total. The molecule has 0 bridgehead atoms. The van der Waals surface area contributed by atoms with Crippen LogP contribution in [-0.4, -0.2) is 33.7 Å². The van der Waals surface area contributed by atoms with Gasteiger partial charge in [0, 0.05) is 17.2 Å². The second kappa shape index (κ2) is 7.11. The first-order valence-corrected chi connectivity index (χ1v) is 10.5. The van der Waals surface area contributed by atoms with Crippen LogP contribution in [0.3, 0.4) is 0 Å². The van der Waals surface area contributed by atoms with Crippen LogP contribution in [-0.2, 0) is 10.6 Å². The first kappa shape index (κ1) is 20.3. The molecule has 3 aromatic carbocycles. The van der Waals surface area contributed by atoms with Crippen molar-refractivity contribution in [2.45, 2.75) is 12.0 Å². The Balaban J connectivity index is 1.66. The van der Waals surface area contributed by atoms with Crippen molar-refractivity contribution in [1.82, 2.24) is 14.6 Å². The summed E-state index contributed by atoms with van der Waals surface area (Å²) in [5.74, 6) is -2.39. The molecule has 34 heavy (non-hydrogen) atoms. The number of para-hydroxylation sites is 2. The fourth-order valence-electron chi connectivity index (χ4n) is 4.33. The first-order valence-electron chi connectivity index (χ1n) is 10.5. The van der Waals surface area contributed by atoms with E-state index in [0.717, 1.165) is 9.58 Å². The molecule has 0 aliphatic carbocycles. The topological polar surface area (TPSA) is 51.9 Å². The summed E-state index contributed by atoms with van der Waals surface area (Å²) in [6.45, 7) is 0. The quantitative estimate of drug-likeness (QED) is 0.408. The molecular weight excluding hydrogens is 445 g/mol. The number of methoxy groups -OCH3 is 1. The monoisotopic (exact) mass is 462 g/mol. The first-order chi connectivity index (χ1) is 16.4. The van der Waals surface area contributed by atoms with Crippen LogP contribution in [0.4, 0.5) is 13.2 Å². The molecule has 0 saturated carbocycles. The van der Waals surface area contributed by atoms with Crippen molar-refractivity contribution < 1.29 is 22.6 Å². The molecule has 170 valence electrons. The minimum absolute atomic E-state index is 0.116. The van der Waals surface area contributed by atoms with Crippen LogP contribution < -0.4 is 4.74 Å². The van der Waals surface area contributed by atoms with E-state index in [1.54, 1.807) is 84.9 Å². The summed E-state index contributed by atoms with van der Waals surface area (Å²) in [5.41, 5.74) is 1.85. The normalized spacial score (nSPS) is 19.2. The van der Waals surface area contributed by atoms with Gasteiger partial charge < -0.3 is 9.47 Å². The molecule has 2 aliphatic rings. The highest BCUT2D eigenvalue weighted by atomic mass is 19.4. The van der Waals surface area contributed by atoms with Gasteiger partial charge in [-0.25, -0.2) is 4.98 Å². The van der Waals surface area contributed by atoms with Crippen LogP contribution in [0.15, 0.2) is 84.0 Å². The van der Waals surface area contributed by atoms with Gasteiger partial charge in [0.1, 0.15) is 11.6 Å². The molecule has 1 aromatic heterocycles. The molecule has 2 aliphatic heterocycles. The number of hydrazone groups is 1. The summed E-state index contributed by atoms with van der Waals surface area (Å²) >= 11 is 0. The number of ether oxygens (including phenoxy) is 2. The third-order valence-electron chi connectivity index (χ3n) is 5.88. The second-order valence-corrected chi connectivity index (χ2v) is 7.84. The third-order valence-corrected chi connectivity index (χ3v) is 5.88. The van der Waals surface area contributed by atoms with Gasteiger partial charge in [-0.3, -0.25) is 4.57 Å². The lowest BCUT2D eigenvalue weighted by Crippen LogP contribution is -2.58. The van der Waals surface area contributed by atoms with E-state index in [1.807, 2.05) is 0 Å². The standard InChI is InChI=1S/C25H17F3N4O2/c1-33-18-13-11-16(12-14-18)21-15-22-29-19-9-5-6-10-20(19)31(22)25(24(26,27)28)32(21)30-23(34-25)17-7-3-2-4-8-17/h2-15H,1H3/t25-/m0/s1. The zero-order valence-corrected chi connectivity index (χ0v) is 17.8. The smallest absolute Gasteiger partial charge is 0.474 e. The number of halogens is 3. The predicted molar refractivity (Wildman–Crippen MR) is 121 cm³/mol. The van der Waals surface area contributed by atoms with Crippen LogP contribution in [0, 0.1) is 0 Å². The molecule has 4 aromatic rings. The predicted octanol–water partition coefficient (Wildman–Crippen LogP) is 5.42. The average molecular weight is 462 g/mol. The maximum Gasteiger partial charge on any atom is 0.474 e. The number of nitrogens with zero attached hydrogens (tertiary/aromatic N) is 4. The van der Waals surface area contributed by atoms with Crippen molar-refractivity contribution in [2.75, 3.05) is 7.11 Å². The summed E-state index contributed by atoms with van der Waals surface area (Å²) in [6, 6.07) is 21.9. The lowest BCUT2D eigenvalue weighted by Gasteiger charge is -2.41. The van der Waals surface area contributed by atoms with Gasteiger partial charge in [-0.05, 0) is 48.5 Å². The summed E-state index contributed by atoms with van der Waals surface area (Å²) in [4.78, 5) is 4.48. The van der Waals surface area contributed by atoms with E-state index in [9.17, 15) is 0 Å². The Hall–Kier alpha value is -4.27. The number of hydrogen-bond donors (Lipinski definition) is 0. The Bertz CT molecular complexity index is 1460. The van der Waals surface area contributed by atoms with Gasteiger partial charge in [0.05, 0.1) is 23.8 Å². The largest absolute Gasteiger partial charge is 0.497 e. The van der Waals surface area contributed by atoms with Crippen molar-refractivity contribution in [3.63, 3.8) is 0 Å². The SMILES string of the molecule is COc1ccc(C2=Cc3nc4ccccc4n3[C@]3(C(F)(F)F)OC(c4ccccc4)=NN23)cc1. The molecule has 1 atom stereocenters. The summed E-state index contributed by atoms with van der Waals surface area (Å²) in [7, 11) is 1.52. The minimum Gasteiger partial charge on any atom is -0.497 e. The highest BCUT2D eigenvalue weighted by molar-refractivity contribution is 5.97. The van der Waals surface area contributed by atoms with E-state index in [1.165, 1.54) is 7.11 Å². The van der Waals surface area contributed by atoms with Crippen LogP contribution in [0.2, 0.25) is 0 Å². The van der Waals surface area contributed by atoms with Gasteiger partial charge >= 0.3 is 12.0 Å². The van der Waals surface area contributed by atoms with Crippen LogP contribution >= 0.6 is 0 Å². The highest BCUT2D eigenvalue weighted by Gasteiger charge is 2.70. The van der Waals surface area contributed by atoms with Crippen molar-refractivity contribution in [1.29, 1.82) is 0 Å². The third kappa shape index (κ3) is 2.76. The zero-order chi connectivity index (χ0) is 23.5. The summed E-state index contributed by atoms with van der Waals surface area (Å²) in [6.07, 6.45) is -3.29. The van der Waals surface area contributed by atoms with Crippen LogP contribution in [0.25, 0.3) is 22.8 Å². The van der Waals surface area contributed by atoms with Crippen molar-refractivity contribution in [3.8, 4) is 5.75 Å². The summed E-state index contributed by atoms with van der Waals surface area (Å²) in [5, 5.41) is 5.27. The number of rotatable bonds is 3. The maximum atomic E-state index is 15.1. The number of imidazole rings is 1. The molecule has 0 amide bonds. The van der Waals surface area contributed by atoms with Gasteiger partial charge in [-0.2, -0.15) is 18.2 Å². The Kier molecular flexibility index (Phi) is 4.26. The Morgan fingerprint density at radius 1 is 0.882 bits per heavy atom. The molecule has 6 nitrogen and oxygen atoms in total. The average Bonchev–Trinajstić information content (AvgIpc) is 3.44. The maximum absolute atomic E-state index is 15.1. The molecule has 0 spiro atoms. The number of alkyl halides is 3. The molecule has 6 rings (SSSR count). The second-order valence-electron chi connectivity index (χ2n) is 7.84. The fourth-order valence-corrected chi connectivity index (χ4v) is 4.33. The van der Waals surface area contributed by atoms with Gasteiger partial charge in [0.15, 0.2) is 0 Å². The van der Waals surface area contributed by atoms with E-state index in [2.05, 4.69) is 10.1 Å². The van der Waals surface area contributed by atoms with Crippen LogP contribution in [0.5, 0.6) is 5.75 Å².